The van der Waals surface area contributed by atoms with Gasteiger partial charge >= 0.3 is 0 Å². The summed E-state index contributed by atoms with van der Waals surface area (Å²) in [5.74, 6) is 0.893. The van der Waals surface area contributed by atoms with E-state index < -0.39 is 0 Å². The maximum Gasteiger partial charge on any atom is 0.246 e. The molecule has 0 spiro atoms. The summed E-state index contributed by atoms with van der Waals surface area (Å²) >= 11 is 0. The molecule has 0 N–H and O–H groups in total. The summed E-state index contributed by atoms with van der Waals surface area (Å²) in [6.07, 6.45) is 8.92. The van der Waals surface area contributed by atoms with E-state index in [0.29, 0.717) is 0 Å². The van der Waals surface area contributed by atoms with Crippen molar-refractivity contribution in [3.05, 3.63) is 35.9 Å². The van der Waals surface area contributed by atoms with Crippen LogP contribution in [0.4, 0.5) is 0 Å². The van der Waals surface area contributed by atoms with E-state index in [1.807, 2.05) is 35.2 Å². The van der Waals surface area contributed by atoms with E-state index in [2.05, 4.69) is 4.90 Å². The molecule has 1 aliphatic carbocycles. The number of hydrogen-bond acceptors (Lipinski definition) is 3. The number of benzene rings is 1. The summed E-state index contributed by atoms with van der Waals surface area (Å²) in [6, 6.07) is 8.51. The van der Waals surface area contributed by atoms with Gasteiger partial charge in [-0.25, -0.2) is 0 Å². The molecule has 2 aliphatic rings. The molecule has 0 aromatic heterocycles. The zero-order chi connectivity index (χ0) is 16.1. The maximum atomic E-state index is 12.4. The molecule has 1 saturated heterocycles. The van der Waals surface area contributed by atoms with E-state index >= 15 is 0 Å². The Hall–Kier alpha value is -1.81. The molecular weight excluding hydrogens is 288 g/mol. The number of hydrogen-bond donors (Lipinski definition) is 0. The van der Waals surface area contributed by atoms with Gasteiger partial charge in [-0.05, 0) is 25.0 Å². The second-order valence-corrected chi connectivity index (χ2v) is 6.37. The first kappa shape index (κ1) is 16.1. The number of para-hydroxylation sites is 1. The average Bonchev–Trinajstić information content (AvgIpc) is 3.14. The molecule has 1 aliphatic heterocycles. The van der Waals surface area contributed by atoms with Crippen molar-refractivity contribution >= 4 is 12.0 Å². The summed E-state index contributed by atoms with van der Waals surface area (Å²) in [5.41, 5.74) is 0.938. The van der Waals surface area contributed by atoms with Crippen molar-refractivity contribution in [3.63, 3.8) is 0 Å². The van der Waals surface area contributed by atoms with Gasteiger partial charge in [0.2, 0.25) is 5.91 Å². The van der Waals surface area contributed by atoms with Gasteiger partial charge in [0.05, 0.1) is 7.11 Å². The van der Waals surface area contributed by atoms with Crippen LogP contribution in [0, 0.1) is 0 Å². The Bertz CT molecular complexity index is 556. The minimum atomic E-state index is 0.0991. The molecule has 4 heteroatoms. The fraction of sp³-hybridized carbons (Fsp3) is 0.526. The van der Waals surface area contributed by atoms with Crippen molar-refractivity contribution in [1.82, 2.24) is 9.80 Å². The molecule has 1 aromatic rings. The van der Waals surface area contributed by atoms with Crippen LogP contribution in [0.15, 0.2) is 30.3 Å². The lowest BCUT2D eigenvalue weighted by Gasteiger charge is -2.37. The lowest BCUT2D eigenvalue weighted by atomic mass is 10.1. The summed E-state index contributed by atoms with van der Waals surface area (Å²) in [6.45, 7) is 3.70. The Morgan fingerprint density at radius 1 is 1.13 bits per heavy atom. The van der Waals surface area contributed by atoms with Crippen molar-refractivity contribution in [1.29, 1.82) is 0 Å². The number of carbonyl (C=O) groups excluding carboxylic acids is 1. The molecule has 124 valence electrons. The average molecular weight is 314 g/mol. The van der Waals surface area contributed by atoms with Crippen molar-refractivity contribution in [3.8, 4) is 5.75 Å². The Balaban J connectivity index is 1.54. The standard InChI is InChI=1S/C19H26N2O2/c1-23-18-9-5-2-6-16(18)10-11-19(22)21-14-12-20(13-15-21)17-7-3-4-8-17/h2,5-6,9-11,17H,3-4,7-8,12-15H2,1H3/b11-10+. The van der Waals surface area contributed by atoms with Crippen LogP contribution < -0.4 is 4.74 Å². The number of piperazine rings is 1. The van der Waals surface area contributed by atoms with Crippen LogP contribution in [0.2, 0.25) is 0 Å². The first-order chi connectivity index (χ1) is 11.3. The van der Waals surface area contributed by atoms with E-state index in [4.69, 9.17) is 4.74 Å². The summed E-state index contributed by atoms with van der Waals surface area (Å²) in [4.78, 5) is 16.9. The van der Waals surface area contributed by atoms with Crippen molar-refractivity contribution in [2.45, 2.75) is 31.7 Å². The monoisotopic (exact) mass is 314 g/mol. The second-order valence-electron chi connectivity index (χ2n) is 6.37. The molecule has 1 heterocycles. The highest BCUT2D eigenvalue weighted by Gasteiger charge is 2.27. The Morgan fingerprint density at radius 3 is 2.52 bits per heavy atom. The summed E-state index contributed by atoms with van der Waals surface area (Å²) < 4.78 is 5.31. The molecule has 1 amide bonds. The Kier molecular flexibility index (Phi) is 5.34. The molecule has 3 rings (SSSR count). The van der Waals surface area contributed by atoms with Crippen LogP contribution in [0.25, 0.3) is 6.08 Å². The lowest BCUT2D eigenvalue weighted by molar-refractivity contribution is -0.127. The number of carbonyl (C=O) groups is 1. The van der Waals surface area contributed by atoms with Gasteiger partial charge in [0.1, 0.15) is 5.75 Å². The highest BCUT2D eigenvalue weighted by Crippen LogP contribution is 2.24. The minimum absolute atomic E-state index is 0.0991. The van der Waals surface area contributed by atoms with Crippen LogP contribution in [-0.4, -0.2) is 55.0 Å². The normalized spacial score (nSPS) is 20.3. The molecule has 0 unspecified atom stereocenters. The molecule has 1 saturated carbocycles. The molecular formula is C19H26N2O2. The van der Waals surface area contributed by atoms with Gasteiger partial charge in [0.25, 0.3) is 0 Å². The van der Waals surface area contributed by atoms with Gasteiger partial charge in [-0.1, -0.05) is 31.0 Å². The van der Waals surface area contributed by atoms with Gasteiger partial charge in [-0.15, -0.1) is 0 Å². The molecule has 1 aromatic carbocycles. The topological polar surface area (TPSA) is 32.8 Å². The zero-order valence-corrected chi connectivity index (χ0v) is 13.9. The first-order valence-electron chi connectivity index (χ1n) is 8.62. The fourth-order valence-electron chi connectivity index (χ4n) is 3.65. The zero-order valence-electron chi connectivity index (χ0n) is 13.9. The first-order valence-corrected chi connectivity index (χ1v) is 8.62. The fourth-order valence-corrected chi connectivity index (χ4v) is 3.65. The molecule has 0 bridgehead atoms. The van der Waals surface area contributed by atoms with Gasteiger partial charge in [-0.3, -0.25) is 9.69 Å². The smallest absolute Gasteiger partial charge is 0.246 e. The largest absolute Gasteiger partial charge is 0.496 e. The Morgan fingerprint density at radius 2 is 1.83 bits per heavy atom. The van der Waals surface area contributed by atoms with Gasteiger partial charge < -0.3 is 9.64 Å². The third kappa shape index (κ3) is 3.94. The van der Waals surface area contributed by atoms with Gasteiger partial charge in [-0.2, -0.15) is 0 Å². The summed E-state index contributed by atoms with van der Waals surface area (Å²) in [5, 5.41) is 0. The molecule has 0 atom stereocenters. The van der Waals surface area contributed by atoms with Crippen LogP contribution in [-0.2, 0) is 4.79 Å². The van der Waals surface area contributed by atoms with Crippen molar-refractivity contribution in [2.24, 2.45) is 0 Å². The van der Waals surface area contributed by atoms with E-state index in [1.54, 1.807) is 13.2 Å². The third-order valence-corrected chi connectivity index (χ3v) is 5.01. The highest BCUT2D eigenvalue weighted by atomic mass is 16.5. The number of methoxy groups -OCH3 is 1. The predicted octanol–water partition coefficient (Wildman–Crippen LogP) is 2.80. The SMILES string of the molecule is COc1ccccc1/C=C/C(=O)N1CCN(C2CCCC2)CC1. The van der Waals surface area contributed by atoms with E-state index in [0.717, 1.165) is 43.5 Å². The molecule has 0 radical (unpaired) electrons. The number of amides is 1. The Labute approximate surface area is 138 Å². The van der Waals surface area contributed by atoms with Crippen LogP contribution in [0.1, 0.15) is 31.2 Å². The van der Waals surface area contributed by atoms with Gasteiger partial charge in [0.15, 0.2) is 0 Å². The van der Waals surface area contributed by atoms with Crippen molar-refractivity contribution < 1.29 is 9.53 Å². The molecule has 4 nitrogen and oxygen atoms in total. The number of nitrogens with zero attached hydrogens (tertiary/aromatic N) is 2. The van der Waals surface area contributed by atoms with Crippen LogP contribution >= 0.6 is 0 Å². The highest BCUT2D eigenvalue weighted by molar-refractivity contribution is 5.92. The van der Waals surface area contributed by atoms with Crippen LogP contribution in [0.3, 0.4) is 0 Å². The summed E-state index contributed by atoms with van der Waals surface area (Å²) in [7, 11) is 1.65. The van der Waals surface area contributed by atoms with Crippen LogP contribution in [0.5, 0.6) is 5.75 Å². The number of rotatable bonds is 4. The van der Waals surface area contributed by atoms with E-state index in [1.165, 1.54) is 25.7 Å². The molecule has 23 heavy (non-hydrogen) atoms. The van der Waals surface area contributed by atoms with Crippen molar-refractivity contribution in [2.75, 3.05) is 33.3 Å². The number of ether oxygens (including phenoxy) is 1. The predicted molar refractivity (Wildman–Crippen MR) is 92.4 cm³/mol. The van der Waals surface area contributed by atoms with E-state index in [-0.39, 0.29) is 5.91 Å². The molecule has 2 fully saturated rings. The van der Waals surface area contributed by atoms with E-state index in [9.17, 15) is 4.79 Å². The second kappa shape index (κ2) is 7.64. The lowest BCUT2D eigenvalue weighted by Crippen LogP contribution is -2.51. The quantitative estimate of drug-likeness (QED) is 0.801. The third-order valence-electron chi connectivity index (χ3n) is 5.01. The van der Waals surface area contributed by atoms with Gasteiger partial charge in [0, 0.05) is 43.9 Å². The minimum Gasteiger partial charge on any atom is -0.496 e. The maximum absolute atomic E-state index is 12.4.